The van der Waals surface area contributed by atoms with Crippen LogP contribution in [0.25, 0.3) is 0 Å². The SMILES string of the molecule is CC(=NNS(=O)(=O)c1cc(C)ccc1C)c1cccnc1. The Morgan fingerprint density at radius 1 is 1.24 bits per heavy atom. The minimum Gasteiger partial charge on any atom is -0.264 e. The number of sulfonamides is 1. The summed E-state index contributed by atoms with van der Waals surface area (Å²) in [5, 5.41) is 3.95. The van der Waals surface area contributed by atoms with Crippen molar-refractivity contribution < 1.29 is 8.42 Å². The summed E-state index contributed by atoms with van der Waals surface area (Å²) in [5.41, 5.74) is 2.88. The molecule has 21 heavy (non-hydrogen) atoms. The van der Waals surface area contributed by atoms with Crippen molar-refractivity contribution in [1.82, 2.24) is 9.82 Å². The van der Waals surface area contributed by atoms with Crippen molar-refractivity contribution in [3.05, 3.63) is 59.4 Å². The maximum Gasteiger partial charge on any atom is 0.276 e. The van der Waals surface area contributed by atoms with Crippen molar-refractivity contribution in [3.63, 3.8) is 0 Å². The van der Waals surface area contributed by atoms with Crippen molar-refractivity contribution in [2.24, 2.45) is 5.10 Å². The zero-order valence-corrected chi connectivity index (χ0v) is 13.0. The molecule has 0 aliphatic heterocycles. The largest absolute Gasteiger partial charge is 0.276 e. The maximum absolute atomic E-state index is 12.3. The summed E-state index contributed by atoms with van der Waals surface area (Å²) in [4.78, 5) is 6.49. The molecule has 1 heterocycles. The van der Waals surface area contributed by atoms with Gasteiger partial charge in [-0.2, -0.15) is 18.4 Å². The van der Waals surface area contributed by atoms with Gasteiger partial charge in [0.1, 0.15) is 0 Å². The van der Waals surface area contributed by atoms with Gasteiger partial charge in [-0.3, -0.25) is 4.98 Å². The van der Waals surface area contributed by atoms with Crippen LogP contribution in [0.15, 0.2) is 52.7 Å². The zero-order valence-electron chi connectivity index (χ0n) is 12.2. The second-order valence-electron chi connectivity index (χ2n) is 4.80. The highest BCUT2D eigenvalue weighted by Gasteiger charge is 2.16. The molecule has 5 nitrogen and oxygen atoms in total. The van der Waals surface area contributed by atoms with Crippen LogP contribution in [0.1, 0.15) is 23.6 Å². The lowest BCUT2D eigenvalue weighted by molar-refractivity contribution is 0.583. The molecule has 1 aromatic heterocycles. The molecule has 0 fully saturated rings. The number of hydrazone groups is 1. The van der Waals surface area contributed by atoms with Gasteiger partial charge >= 0.3 is 0 Å². The smallest absolute Gasteiger partial charge is 0.264 e. The lowest BCUT2D eigenvalue weighted by Gasteiger charge is -2.08. The fraction of sp³-hybridized carbons (Fsp3) is 0.200. The molecule has 0 aliphatic rings. The van der Waals surface area contributed by atoms with Crippen molar-refractivity contribution in [3.8, 4) is 0 Å². The van der Waals surface area contributed by atoms with Crippen LogP contribution >= 0.6 is 0 Å². The summed E-state index contributed by atoms with van der Waals surface area (Å²) in [7, 11) is -3.67. The van der Waals surface area contributed by atoms with Crippen LogP contribution in [-0.4, -0.2) is 19.1 Å². The molecular weight excluding hydrogens is 286 g/mol. The molecule has 0 bridgehead atoms. The molecule has 1 aromatic carbocycles. The lowest BCUT2D eigenvalue weighted by Crippen LogP contribution is -2.21. The summed E-state index contributed by atoms with van der Waals surface area (Å²) in [6.07, 6.45) is 3.28. The number of hydrogen-bond acceptors (Lipinski definition) is 4. The first kappa shape index (κ1) is 15.2. The van der Waals surface area contributed by atoms with Crippen LogP contribution in [0.4, 0.5) is 0 Å². The van der Waals surface area contributed by atoms with E-state index in [0.717, 1.165) is 11.1 Å². The van der Waals surface area contributed by atoms with E-state index in [1.165, 1.54) is 0 Å². The standard InChI is InChI=1S/C15H17N3O2S/c1-11-6-7-12(2)15(9-11)21(19,20)18-17-13(3)14-5-4-8-16-10-14/h4-10,18H,1-3H3. The molecule has 1 N–H and O–H groups in total. The van der Waals surface area contributed by atoms with Crippen LogP contribution in [0.3, 0.4) is 0 Å². The Kier molecular flexibility index (Phi) is 4.37. The van der Waals surface area contributed by atoms with E-state index in [0.29, 0.717) is 11.3 Å². The predicted molar refractivity (Wildman–Crippen MR) is 82.7 cm³/mol. The normalized spacial score (nSPS) is 12.2. The molecule has 0 saturated heterocycles. The van der Waals surface area contributed by atoms with E-state index in [2.05, 4.69) is 14.9 Å². The van der Waals surface area contributed by atoms with E-state index in [1.807, 2.05) is 19.1 Å². The van der Waals surface area contributed by atoms with Crippen LogP contribution in [0, 0.1) is 13.8 Å². The van der Waals surface area contributed by atoms with Crippen LogP contribution in [-0.2, 0) is 10.0 Å². The molecule has 6 heteroatoms. The Morgan fingerprint density at radius 3 is 2.67 bits per heavy atom. The second kappa shape index (κ2) is 6.05. The molecule has 0 atom stereocenters. The Morgan fingerprint density at radius 2 is 2.00 bits per heavy atom. The lowest BCUT2D eigenvalue weighted by atomic mass is 10.2. The van der Waals surface area contributed by atoms with Gasteiger partial charge in [-0.1, -0.05) is 18.2 Å². The third kappa shape index (κ3) is 3.66. The minimum atomic E-state index is -3.67. The molecule has 0 aliphatic carbocycles. The van der Waals surface area contributed by atoms with E-state index in [4.69, 9.17) is 0 Å². The second-order valence-corrected chi connectivity index (χ2v) is 6.43. The molecule has 0 radical (unpaired) electrons. The maximum atomic E-state index is 12.3. The summed E-state index contributed by atoms with van der Waals surface area (Å²) in [6, 6.07) is 8.87. The van der Waals surface area contributed by atoms with Gasteiger partial charge < -0.3 is 0 Å². The topological polar surface area (TPSA) is 71.4 Å². The van der Waals surface area contributed by atoms with Crippen LogP contribution < -0.4 is 4.83 Å². The van der Waals surface area contributed by atoms with Gasteiger partial charge in [-0.15, -0.1) is 0 Å². The third-order valence-corrected chi connectivity index (χ3v) is 4.40. The fourth-order valence-electron chi connectivity index (χ4n) is 1.82. The molecule has 0 spiro atoms. The molecule has 0 unspecified atom stereocenters. The van der Waals surface area contributed by atoms with Crippen molar-refractivity contribution in [1.29, 1.82) is 0 Å². The van der Waals surface area contributed by atoms with Gasteiger partial charge in [-0.05, 0) is 44.0 Å². The average molecular weight is 303 g/mol. The number of nitrogens with zero attached hydrogens (tertiary/aromatic N) is 2. The summed E-state index contributed by atoms with van der Waals surface area (Å²) in [5.74, 6) is 0. The molecule has 0 amide bonds. The Hall–Kier alpha value is -2.21. The molecule has 110 valence electrons. The van der Waals surface area contributed by atoms with Crippen molar-refractivity contribution in [2.45, 2.75) is 25.7 Å². The van der Waals surface area contributed by atoms with Gasteiger partial charge in [0.15, 0.2) is 0 Å². The number of hydrogen-bond donors (Lipinski definition) is 1. The first-order valence-corrected chi connectivity index (χ1v) is 7.92. The number of pyridine rings is 1. The first-order valence-electron chi connectivity index (χ1n) is 6.44. The highest BCUT2D eigenvalue weighted by atomic mass is 32.2. The number of nitrogens with one attached hydrogen (secondary N) is 1. The molecule has 2 aromatic rings. The number of benzene rings is 1. The Balaban J connectivity index is 2.28. The first-order chi connectivity index (χ1) is 9.90. The quantitative estimate of drug-likeness (QED) is 0.696. The molecule has 0 saturated carbocycles. The molecular formula is C15H17N3O2S. The summed E-state index contributed by atoms with van der Waals surface area (Å²) >= 11 is 0. The highest BCUT2D eigenvalue weighted by Crippen LogP contribution is 2.16. The van der Waals surface area contributed by atoms with Gasteiger partial charge in [0.2, 0.25) is 0 Å². The predicted octanol–water partition coefficient (Wildman–Crippen LogP) is 2.40. The summed E-state index contributed by atoms with van der Waals surface area (Å²) < 4.78 is 24.6. The van der Waals surface area contributed by atoms with Crippen molar-refractivity contribution in [2.75, 3.05) is 0 Å². The Bertz CT molecular complexity index is 769. The van der Waals surface area contributed by atoms with E-state index >= 15 is 0 Å². The van der Waals surface area contributed by atoms with E-state index in [-0.39, 0.29) is 4.90 Å². The van der Waals surface area contributed by atoms with Crippen LogP contribution in [0.2, 0.25) is 0 Å². The minimum absolute atomic E-state index is 0.241. The van der Waals surface area contributed by atoms with Gasteiger partial charge in [0.05, 0.1) is 10.6 Å². The highest BCUT2D eigenvalue weighted by molar-refractivity contribution is 7.89. The monoisotopic (exact) mass is 303 g/mol. The summed E-state index contributed by atoms with van der Waals surface area (Å²) in [6.45, 7) is 5.33. The van der Waals surface area contributed by atoms with Gasteiger partial charge in [-0.25, -0.2) is 0 Å². The zero-order chi connectivity index (χ0) is 15.5. The van der Waals surface area contributed by atoms with Gasteiger partial charge in [0, 0.05) is 18.0 Å². The average Bonchev–Trinajstić information content (AvgIpc) is 2.48. The third-order valence-electron chi connectivity index (χ3n) is 3.05. The number of rotatable bonds is 4. The number of aromatic nitrogens is 1. The van der Waals surface area contributed by atoms with E-state index < -0.39 is 10.0 Å². The van der Waals surface area contributed by atoms with E-state index in [1.54, 1.807) is 44.4 Å². The molecule has 2 rings (SSSR count). The Labute approximate surface area is 124 Å². The fourth-order valence-corrected chi connectivity index (χ4v) is 3.00. The number of aryl methyl sites for hydroxylation is 2. The van der Waals surface area contributed by atoms with Crippen LogP contribution in [0.5, 0.6) is 0 Å². The van der Waals surface area contributed by atoms with Gasteiger partial charge in [0.25, 0.3) is 10.0 Å². The van der Waals surface area contributed by atoms with E-state index in [9.17, 15) is 8.42 Å². The van der Waals surface area contributed by atoms with Crippen molar-refractivity contribution >= 4 is 15.7 Å².